The summed E-state index contributed by atoms with van der Waals surface area (Å²) in [7, 11) is 0. The van der Waals surface area contributed by atoms with Gasteiger partial charge < -0.3 is 10.2 Å². The number of rotatable bonds is 6. The fraction of sp³-hybridized carbons (Fsp3) is 0.417. The highest BCUT2D eigenvalue weighted by Crippen LogP contribution is 2.15. The van der Waals surface area contributed by atoms with Gasteiger partial charge in [-0.05, 0) is 42.2 Å². The Hall–Kier alpha value is -2.37. The summed E-state index contributed by atoms with van der Waals surface area (Å²) in [5.41, 5.74) is 2.73. The van der Waals surface area contributed by atoms with Crippen LogP contribution in [0, 0.1) is 12.8 Å². The van der Waals surface area contributed by atoms with Crippen LogP contribution in [0.25, 0.3) is 0 Å². The molecular weight excluding hydrogens is 398 g/mol. The zero-order valence-corrected chi connectivity index (χ0v) is 18.7. The van der Waals surface area contributed by atoms with Gasteiger partial charge in [-0.2, -0.15) is 0 Å². The molecular formula is C24H30ClN3O2. The Labute approximate surface area is 184 Å². The molecule has 30 heavy (non-hydrogen) atoms. The topological polar surface area (TPSA) is 52.7 Å². The number of piperazine rings is 1. The highest BCUT2D eigenvalue weighted by atomic mass is 35.5. The Bertz CT molecular complexity index is 874. The molecule has 0 aliphatic carbocycles. The molecule has 3 rings (SSSR count). The zero-order valence-electron chi connectivity index (χ0n) is 17.9. The number of nitrogens with one attached hydrogen (secondary N) is 1. The number of halogens is 1. The maximum Gasteiger partial charge on any atom is 0.252 e. The number of hydrogen-bond acceptors (Lipinski definition) is 3. The standard InChI is InChI=1S/C24H30ClN3O2/c1-17(2)22(26-23(29)21-7-5-4-6-18(21)3)24(30)28-14-12-27(13-15-28)16-19-8-10-20(25)11-9-19/h4-11,17,22H,12-16H2,1-3H3,(H,26,29). The summed E-state index contributed by atoms with van der Waals surface area (Å²) in [6.07, 6.45) is 0. The van der Waals surface area contributed by atoms with E-state index in [4.69, 9.17) is 11.6 Å². The van der Waals surface area contributed by atoms with Crippen LogP contribution >= 0.6 is 11.6 Å². The summed E-state index contributed by atoms with van der Waals surface area (Å²) < 4.78 is 0. The van der Waals surface area contributed by atoms with Gasteiger partial charge in [-0.15, -0.1) is 0 Å². The molecule has 1 fully saturated rings. The van der Waals surface area contributed by atoms with E-state index in [2.05, 4.69) is 10.2 Å². The van der Waals surface area contributed by atoms with Crippen LogP contribution in [-0.4, -0.2) is 53.8 Å². The summed E-state index contributed by atoms with van der Waals surface area (Å²) in [4.78, 5) is 30.1. The van der Waals surface area contributed by atoms with Crippen LogP contribution in [0.3, 0.4) is 0 Å². The molecule has 1 N–H and O–H groups in total. The van der Waals surface area contributed by atoms with Crippen LogP contribution < -0.4 is 5.32 Å². The highest BCUT2D eigenvalue weighted by Gasteiger charge is 2.31. The minimum Gasteiger partial charge on any atom is -0.340 e. The predicted octanol–water partition coefficient (Wildman–Crippen LogP) is 3.75. The third kappa shape index (κ3) is 5.61. The second kappa shape index (κ2) is 10.1. The van der Waals surface area contributed by atoms with Crippen LogP contribution in [0.2, 0.25) is 5.02 Å². The lowest BCUT2D eigenvalue weighted by atomic mass is 10.0. The number of benzene rings is 2. The third-order valence-electron chi connectivity index (χ3n) is 5.61. The lowest BCUT2D eigenvalue weighted by molar-refractivity contribution is -0.136. The minimum atomic E-state index is -0.528. The number of nitrogens with zero attached hydrogens (tertiary/aromatic N) is 2. The van der Waals surface area contributed by atoms with Gasteiger partial charge >= 0.3 is 0 Å². The maximum atomic E-state index is 13.2. The lowest BCUT2D eigenvalue weighted by Crippen LogP contribution is -2.56. The molecule has 1 atom stereocenters. The maximum absolute atomic E-state index is 13.2. The first-order chi connectivity index (χ1) is 14.3. The van der Waals surface area contributed by atoms with Crippen LogP contribution in [0.5, 0.6) is 0 Å². The van der Waals surface area contributed by atoms with E-state index in [1.165, 1.54) is 5.56 Å². The van der Waals surface area contributed by atoms with Crippen molar-refractivity contribution in [2.24, 2.45) is 5.92 Å². The number of aryl methyl sites for hydroxylation is 1. The van der Waals surface area contributed by atoms with Gasteiger partial charge in [-0.1, -0.05) is 55.8 Å². The first-order valence-corrected chi connectivity index (χ1v) is 10.8. The molecule has 0 saturated carbocycles. The van der Waals surface area contributed by atoms with Crippen molar-refractivity contribution in [3.05, 3.63) is 70.2 Å². The average molecular weight is 428 g/mol. The quantitative estimate of drug-likeness (QED) is 0.763. The van der Waals surface area contributed by atoms with Gasteiger partial charge in [0.1, 0.15) is 6.04 Å². The van der Waals surface area contributed by atoms with E-state index in [1.54, 1.807) is 6.07 Å². The zero-order chi connectivity index (χ0) is 21.7. The Morgan fingerprint density at radius 3 is 2.23 bits per heavy atom. The van der Waals surface area contributed by atoms with E-state index in [1.807, 2.05) is 68.1 Å². The van der Waals surface area contributed by atoms with Crippen LogP contribution in [-0.2, 0) is 11.3 Å². The van der Waals surface area contributed by atoms with Crippen molar-refractivity contribution in [2.75, 3.05) is 26.2 Å². The van der Waals surface area contributed by atoms with Crippen LogP contribution in [0.4, 0.5) is 0 Å². The molecule has 1 saturated heterocycles. The van der Waals surface area contributed by atoms with Gasteiger partial charge in [0.2, 0.25) is 5.91 Å². The van der Waals surface area contributed by atoms with Gasteiger partial charge in [0.05, 0.1) is 0 Å². The molecule has 2 aromatic carbocycles. The summed E-state index contributed by atoms with van der Waals surface area (Å²) in [6, 6.07) is 14.8. The minimum absolute atomic E-state index is 0.00178. The molecule has 1 unspecified atom stereocenters. The molecule has 2 aromatic rings. The molecule has 1 aliphatic rings. The fourth-order valence-corrected chi connectivity index (χ4v) is 3.86. The van der Waals surface area contributed by atoms with Crippen molar-refractivity contribution in [1.29, 1.82) is 0 Å². The summed E-state index contributed by atoms with van der Waals surface area (Å²) in [6.45, 7) is 9.63. The highest BCUT2D eigenvalue weighted by molar-refractivity contribution is 6.30. The van der Waals surface area contributed by atoms with Crippen LogP contribution in [0.1, 0.15) is 35.3 Å². The van der Waals surface area contributed by atoms with E-state index in [9.17, 15) is 9.59 Å². The largest absolute Gasteiger partial charge is 0.340 e. The van der Waals surface area contributed by atoms with Crippen molar-refractivity contribution in [2.45, 2.75) is 33.4 Å². The van der Waals surface area contributed by atoms with Gasteiger partial charge in [-0.25, -0.2) is 0 Å². The first kappa shape index (κ1) is 22.3. The molecule has 2 amide bonds. The van der Waals surface area contributed by atoms with Crippen LogP contribution in [0.15, 0.2) is 48.5 Å². The Kier molecular flexibility index (Phi) is 7.51. The predicted molar refractivity (Wildman–Crippen MR) is 121 cm³/mol. The molecule has 5 nitrogen and oxygen atoms in total. The number of hydrogen-bond donors (Lipinski definition) is 1. The molecule has 0 spiro atoms. The van der Waals surface area contributed by atoms with Crippen molar-refractivity contribution < 1.29 is 9.59 Å². The average Bonchev–Trinajstić information content (AvgIpc) is 2.73. The van der Waals surface area contributed by atoms with Crippen molar-refractivity contribution in [3.63, 3.8) is 0 Å². The van der Waals surface area contributed by atoms with E-state index in [-0.39, 0.29) is 17.7 Å². The summed E-state index contributed by atoms with van der Waals surface area (Å²) in [5.74, 6) is -0.183. The van der Waals surface area contributed by atoms with Gasteiger partial charge in [0.25, 0.3) is 5.91 Å². The number of carbonyl (C=O) groups is 2. The van der Waals surface area contributed by atoms with E-state index < -0.39 is 6.04 Å². The molecule has 160 valence electrons. The van der Waals surface area contributed by atoms with Gasteiger partial charge in [-0.3, -0.25) is 14.5 Å². The third-order valence-corrected chi connectivity index (χ3v) is 5.86. The Balaban J connectivity index is 1.58. The summed E-state index contributed by atoms with van der Waals surface area (Å²) >= 11 is 5.96. The second-order valence-corrected chi connectivity index (χ2v) is 8.67. The monoisotopic (exact) mass is 427 g/mol. The second-order valence-electron chi connectivity index (χ2n) is 8.24. The van der Waals surface area contributed by atoms with E-state index in [0.717, 1.165) is 30.2 Å². The van der Waals surface area contributed by atoms with Crippen molar-refractivity contribution in [3.8, 4) is 0 Å². The van der Waals surface area contributed by atoms with E-state index in [0.29, 0.717) is 18.7 Å². The molecule has 0 aromatic heterocycles. The van der Waals surface area contributed by atoms with E-state index >= 15 is 0 Å². The van der Waals surface area contributed by atoms with Gasteiger partial charge in [0, 0.05) is 43.3 Å². The smallest absolute Gasteiger partial charge is 0.252 e. The molecule has 6 heteroatoms. The molecule has 1 heterocycles. The molecule has 0 radical (unpaired) electrons. The molecule has 1 aliphatic heterocycles. The Morgan fingerprint density at radius 1 is 1.00 bits per heavy atom. The fourth-order valence-electron chi connectivity index (χ4n) is 3.73. The first-order valence-electron chi connectivity index (χ1n) is 10.5. The normalized spacial score (nSPS) is 15.8. The van der Waals surface area contributed by atoms with Crippen molar-refractivity contribution in [1.82, 2.24) is 15.1 Å². The molecule has 0 bridgehead atoms. The Morgan fingerprint density at radius 2 is 1.63 bits per heavy atom. The summed E-state index contributed by atoms with van der Waals surface area (Å²) in [5, 5.41) is 3.71. The lowest BCUT2D eigenvalue weighted by Gasteiger charge is -2.37. The van der Waals surface area contributed by atoms with Gasteiger partial charge in [0.15, 0.2) is 0 Å². The number of carbonyl (C=O) groups excluding carboxylic acids is 2. The van der Waals surface area contributed by atoms with Crippen molar-refractivity contribution >= 4 is 23.4 Å². The number of amides is 2. The SMILES string of the molecule is Cc1ccccc1C(=O)NC(C(=O)N1CCN(Cc2ccc(Cl)cc2)CC1)C(C)C.